The van der Waals surface area contributed by atoms with Gasteiger partial charge < -0.3 is 31.3 Å². The molecule has 0 atom stereocenters. The number of nitrogens with one attached hydrogen (secondary N) is 3. The number of aromatic hydroxyl groups is 1. The molecule has 0 bridgehead atoms. The molecule has 1 saturated heterocycles. The second kappa shape index (κ2) is 10.7. The largest absolute Gasteiger partial charge is 0.507 e. The third kappa shape index (κ3) is 5.51. The summed E-state index contributed by atoms with van der Waals surface area (Å²) >= 11 is 0. The van der Waals surface area contributed by atoms with E-state index in [0.29, 0.717) is 23.9 Å². The van der Waals surface area contributed by atoms with E-state index in [4.69, 9.17) is 5.73 Å². The lowest BCUT2D eigenvalue weighted by atomic mass is 10.0. The summed E-state index contributed by atoms with van der Waals surface area (Å²) < 4.78 is 0. The molecule has 2 heterocycles. The van der Waals surface area contributed by atoms with Gasteiger partial charge in [-0.15, -0.1) is 0 Å². The Morgan fingerprint density at radius 2 is 1.71 bits per heavy atom. The van der Waals surface area contributed by atoms with Crippen LogP contribution in [0.2, 0.25) is 0 Å². The molecule has 3 aromatic rings. The Balaban J connectivity index is 1.47. The van der Waals surface area contributed by atoms with Crippen LogP contribution in [-0.4, -0.2) is 59.3 Å². The van der Waals surface area contributed by atoms with Gasteiger partial charge in [0.1, 0.15) is 17.1 Å². The van der Waals surface area contributed by atoms with Crippen molar-refractivity contribution in [2.75, 3.05) is 48.8 Å². The minimum absolute atomic E-state index is 0.276. The number of anilines is 4. The van der Waals surface area contributed by atoms with Crippen molar-refractivity contribution < 1.29 is 9.90 Å². The number of aromatic nitrogens is 2. The monoisotopic (exact) mass is 477 g/mol. The summed E-state index contributed by atoms with van der Waals surface area (Å²) in [7, 11) is 2.14. The molecule has 0 radical (unpaired) electrons. The fourth-order valence-electron chi connectivity index (χ4n) is 4.42. The summed E-state index contributed by atoms with van der Waals surface area (Å²) in [5, 5.41) is 24.0. The van der Waals surface area contributed by atoms with Crippen molar-refractivity contribution in [1.29, 1.82) is 0 Å². The Morgan fingerprint density at radius 1 is 1.09 bits per heavy atom. The molecule has 2 aromatic carbocycles. The molecule has 1 aromatic heterocycles. The number of likely N-dealkylation sites (N-methyl/N-ethyl adjacent to an activating group) is 1. The molecule has 0 unspecified atom stereocenters. The van der Waals surface area contributed by atoms with Crippen molar-refractivity contribution in [2.24, 2.45) is 5.73 Å². The molecule has 186 valence electrons. The first-order valence-electron chi connectivity index (χ1n) is 12.2. The van der Waals surface area contributed by atoms with E-state index < -0.39 is 5.91 Å². The lowest BCUT2D eigenvalue weighted by molar-refractivity contribution is 0.100. The number of rotatable bonds is 9. The van der Waals surface area contributed by atoms with E-state index in [9.17, 15) is 9.90 Å². The van der Waals surface area contributed by atoms with Gasteiger partial charge in [0.25, 0.3) is 5.91 Å². The average Bonchev–Trinajstić information content (AvgIpc) is 3.27. The fourth-order valence-corrected chi connectivity index (χ4v) is 4.42. The van der Waals surface area contributed by atoms with E-state index >= 15 is 0 Å². The molecule has 1 aliphatic heterocycles. The summed E-state index contributed by atoms with van der Waals surface area (Å²) in [6, 6.07) is 12.1. The smallest absolute Gasteiger partial charge is 0.256 e. The van der Waals surface area contributed by atoms with Crippen LogP contribution in [0.15, 0.2) is 36.4 Å². The van der Waals surface area contributed by atoms with Crippen molar-refractivity contribution in [3.63, 3.8) is 0 Å². The summed E-state index contributed by atoms with van der Waals surface area (Å²) in [4.78, 5) is 17.0. The van der Waals surface area contributed by atoms with Gasteiger partial charge in [-0.2, -0.15) is 5.10 Å². The molecule has 6 N–H and O–H groups in total. The number of carbonyl (C=O) groups is 1. The van der Waals surface area contributed by atoms with Crippen LogP contribution in [0.4, 0.5) is 23.0 Å². The van der Waals surface area contributed by atoms with E-state index in [1.807, 2.05) is 38.1 Å². The first kappa shape index (κ1) is 24.4. The lowest BCUT2D eigenvalue weighted by Gasteiger charge is -2.34. The number of phenols is 1. The van der Waals surface area contributed by atoms with Gasteiger partial charge in [0.15, 0.2) is 5.82 Å². The molecule has 1 aliphatic rings. The number of nitrogens with zero attached hydrogens (tertiary/aromatic N) is 3. The maximum absolute atomic E-state index is 12.3. The van der Waals surface area contributed by atoms with E-state index in [1.54, 1.807) is 0 Å². The van der Waals surface area contributed by atoms with Crippen molar-refractivity contribution in [2.45, 2.75) is 33.2 Å². The number of piperazine rings is 1. The highest BCUT2D eigenvalue weighted by Gasteiger charge is 2.19. The first-order chi connectivity index (χ1) is 16.9. The van der Waals surface area contributed by atoms with Crippen LogP contribution in [-0.2, 0) is 19.4 Å². The van der Waals surface area contributed by atoms with Gasteiger partial charge in [0.2, 0.25) is 0 Å². The number of phenolic OH excluding ortho intramolecular Hbond substituents is 1. The van der Waals surface area contributed by atoms with Crippen molar-refractivity contribution in [1.82, 2.24) is 15.1 Å². The van der Waals surface area contributed by atoms with Crippen LogP contribution >= 0.6 is 0 Å². The topological polar surface area (TPSA) is 123 Å². The Morgan fingerprint density at radius 3 is 2.29 bits per heavy atom. The number of aromatic amines is 1. The van der Waals surface area contributed by atoms with Gasteiger partial charge in [-0.25, -0.2) is 0 Å². The van der Waals surface area contributed by atoms with Crippen LogP contribution < -0.4 is 21.3 Å². The maximum atomic E-state index is 12.3. The van der Waals surface area contributed by atoms with Gasteiger partial charge in [0, 0.05) is 44.1 Å². The van der Waals surface area contributed by atoms with Crippen LogP contribution in [0.1, 0.15) is 40.9 Å². The fraction of sp³-hybridized carbons (Fsp3) is 0.385. The van der Waals surface area contributed by atoms with Crippen LogP contribution in [0.5, 0.6) is 5.75 Å². The second-order valence-electron chi connectivity index (χ2n) is 8.97. The first-order valence-corrected chi connectivity index (χ1v) is 12.2. The van der Waals surface area contributed by atoms with Gasteiger partial charge in [-0.05, 0) is 60.8 Å². The van der Waals surface area contributed by atoms with Crippen LogP contribution in [0.25, 0.3) is 0 Å². The summed E-state index contributed by atoms with van der Waals surface area (Å²) in [5.74, 6) is 0.619. The van der Waals surface area contributed by atoms with Crippen LogP contribution in [0, 0.1) is 0 Å². The number of amides is 1. The van der Waals surface area contributed by atoms with Crippen molar-refractivity contribution in [3.05, 3.63) is 58.7 Å². The number of H-pyrrole nitrogens is 1. The molecule has 0 aliphatic carbocycles. The quantitative estimate of drug-likeness (QED) is 0.320. The van der Waals surface area contributed by atoms with Gasteiger partial charge in [-0.3, -0.25) is 9.89 Å². The highest BCUT2D eigenvalue weighted by atomic mass is 16.3. The highest BCUT2D eigenvalue weighted by Crippen LogP contribution is 2.28. The summed E-state index contributed by atoms with van der Waals surface area (Å²) in [6.45, 7) is 8.59. The maximum Gasteiger partial charge on any atom is 0.256 e. The van der Waals surface area contributed by atoms with Gasteiger partial charge in [-0.1, -0.05) is 26.0 Å². The molecule has 1 fully saturated rings. The zero-order valence-electron chi connectivity index (χ0n) is 20.7. The zero-order valence-corrected chi connectivity index (χ0v) is 20.7. The zero-order chi connectivity index (χ0) is 24.9. The number of carbonyl (C=O) groups excluding carboxylic acids is 1. The van der Waals surface area contributed by atoms with Gasteiger partial charge in [0.05, 0.1) is 0 Å². The molecule has 9 nitrogen and oxygen atoms in total. The average molecular weight is 478 g/mol. The van der Waals surface area contributed by atoms with E-state index in [0.717, 1.165) is 61.4 Å². The molecule has 1 amide bonds. The highest BCUT2D eigenvalue weighted by molar-refractivity contribution is 6.03. The molecular formula is C26H35N7O2. The van der Waals surface area contributed by atoms with Crippen molar-refractivity contribution in [3.8, 4) is 5.75 Å². The Labute approximate surface area is 206 Å². The Bertz CT molecular complexity index is 1140. The number of aryl methyl sites for hydroxylation is 2. The number of hydrogen-bond acceptors (Lipinski definition) is 7. The van der Waals surface area contributed by atoms with E-state index in [1.165, 1.54) is 5.69 Å². The van der Waals surface area contributed by atoms with Gasteiger partial charge >= 0.3 is 0 Å². The standard InChI is InChI=1S/C26H35N7O2/c1-4-18-14-17(15-19(5-2)23(18)34)16-28-25-22(24(27)35)26(31-30-25)29-20-6-8-21(9-7-20)33-12-10-32(3)11-13-33/h6-9,14-15,34H,4-5,10-13,16H2,1-3H3,(H2,27,35)(H3,28,29,30,31). The predicted molar refractivity (Wildman–Crippen MR) is 141 cm³/mol. The normalized spacial score (nSPS) is 14.2. The Hall–Kier alpha value is -3.72. The predicted octanol–water partition coefficient (Wildman–Crippen LogP) is 3.45. The molecule has 4 rings (SSSR count). The molecule has 9 heteroatoms. The minimum Gasteiger partial charge on any atom is -0.507 e. The van der Waals surface area contributed by atoms with Crippen LogP contribution in [0.3, 0.4) is 0 Å². The lowest BCUT2D eigenvalue weighted by Crippen LogP contribution is -2.44. The second-order valence-corrected chi connectivity index (χ2v) is 8.97. The molecule has 35 heavy (non-hydrogen) atoms. The third-order valence-electron chi connectivity index (χ3n) is 6.57. The summed E-state index contributed by atoms with van der Waals surface area (Å²) in [5.41, 5.74) is 10.8. The summed E-state index contributed by atoms with van der Waals surface area (Å²) in [6.07, 6.45) is 1.48. The number of benzene rings is 2. The number of primary amides is 1. The Kier molecular flexibility index (Phi) is 7.45. The SMILES string of the molecule is CCc1cc(CNc2n[nH]c(Nc3ccc(N4CCN(C)CC4)cc3)c2C(N)=O)cc(CC)c1O. The minimum atomic E-state index is -0.577. The third-order valence-corrected chi connectivity index (χ3v) is 6.57. The number of hydrogen-bond donors (Lipinski definition) is 5. The van der Waals surface area contributed by atoms with E-state index in [-0.39, 0.29) is 5.56 Å². The molecule has 0 saturated carbocycles. The number of nitrogens with two attached hydrogens (primary N) is 1. The molecule has 0 spiro atoms. The van der Waals surface area contributed by atoms with E-state index in [2.05, 4.69) is 49.8 Å². The molecular weight excluding hydrogens is 442 g/mol. The van der Waals surface area contributed by atoms with Crippen molar-refractivity contribution >= 4 is 28.9 Å².